The molecule has 1 amide bonds. The Morgan fingerprint density at radius 2 is 1.73 bits per heavy atom. The number of nitrogens with two attached hydrogens (primary N) is 1. The highest BCUT2D eigenvalue weighted by molar-refractivity contribution is 6.30. The van der Waals surface area contributed by atoms with Crippen molar-refractivity contribution < 1.29 is 9.53 Å². The van der Waals surface area contributed by atoms with Crippen LogP contribution >= 0.6 is 11.6 Å². The molecule has 0 unspecified atom stereocenters. The number of hydrogen-bond acceptors (Lipinski definition) is 3. The summed E-state index contributed by atoms with van der Waals surface area (Å²) in [5, 5.41) is 3.77. The van der Waals surface area contributed by atoms with Gasteiger partial charge in [0.2, 0.25) is 5.91 Å². The molecule has 0 spiro atoms. The van der Waals surface area contributed by atoms with Gasteiger partial charge in [0.1, 0.15) is 12.4 Å². The molecule has 0 aromatic heterocycles. The second-order valence-corrected chi connectivity index (χ2v) is 5.50. The Labute approximate surface area is 135 Å². The third-order valence-corrected chi connectivity index (χ3v) is 3.53. The first-order chi connectivity index (χ1) is 10.5. The Hall–Kier alpha value is -2.04. The summed E-state index contributed by atoms with van der Waals surface area (Å²) < 4.78 is 5.71. The smallest absolute Gasteiger partial charge is 0.234 e. The van der Waals surface area contributed by atoms with Crippen LogP contribution in [0.15, 0.2) is 48.5 Å². The molecule has 0 aliphatic heterocycles. The quantitative estimate of drug-likeness (QED) is 0.825. The van der Waals surface area contributed by atoms with Gasteiger partial charge in [0, 0.05) is 11.6 Å². The maximum absolute atomic E-state index is 10.9. The van der Waals surface area contributed by atoms with Gasteiger partial charge in [-0.3, -0.25) is 4.79 Å². The lowest BCUT2D eigenvalue weighted by Crippen LogP contribution is -2.38. The predicted molar refractivity (Wildman–Crippen MR) is 87.7 cm³/mol. The number of carbonyl (C=O) groups is 1. The number of primary amides is 1. The minimum atomic E-state index is -0.358. The van der Waals surface area contributed by atoms with Gasteiger partial charge < -0.3 is 15.8 Å². The molecule has 116 valence electrons. The third-order valence-electron chi connectivity index (χ3n) is 3.28. The first kappa shape index (κ1) is 16.3. The maximum atomic E-state index is 10.9. The van der Waals surface area contributed by atoms with Crippen LogP contribution in [0.5, 0.6) is 5.75 Å². The number of carbonyl (C=O) groups excluding carboxylic acids is 1. The van der Waals surface area contributed by atoms with Crippen LogP contribution in [0.25, 0.3) is 0 Å². The van der Waals surface area contributed by atoms with Gasteiger partial charge in [0.15, 0.2) is 0 Å². The van der Waals surface area contributed by atoms with E-state index in [9.17, 15) is 4.79 Å². The Morgan fingerprint density at radius 1 is 1.14 bits per heavy atom. The largest absolute Gasteiger partial charge is 0.489 e. The minimum Gasteiger partial charge on any atom is -0.489 e. The molecule has 0 fully saturated rings. The maximum Gasteiger partial charge on any atom is 0.234 e. The molecule has 1 atom stereocenters. The Morgan fingerprint density at radius 3 is 2.32 bits per heavy atom. The summed E-state index contributed by atoms with van der Waals surface area (Å²) in [5.74, 6) is 0.435. The van der Waals surface area contributed by atoms with E-state index in [0.29, 0.717) is 18.2 Å². The molecule has 0 saturated heterocycles. The number of halogens is 1. The monoisotopic (exact) mass is 318 g/mol. The van der Waals surface area contributed by atoms with Crippen molar-refractivity contribution in [2.45, 2.75) is 26.1 Å². The molecule has 3 N–H and O–H groups in total. The van der Waals surface area contributed by atoms with Gasteiger partial charge in [0.05, 0.1) is 6.04 Å². The lowest BCUT2D eigenvalue weighted by molar-refractivity contribution is -0.119. The number of amides is 1. The van der Waals surface area contributed by atoms with Crippen molar-refractivity contribution in [1.82, 2.24) is 5.32 Å². The SMILES string of the molecule is C[C@H](NCc1ccc(OCc2ccc(Cl)cc2)cc1)C(N)=O. The van der Waals surface area contributed by atoms with Crippen LogP contribution in [-0.2, 0) is 17.9 Å². The fourth-order valence-corrected chi connectivity index (χ4v) is 1.95. The van der Waals surface area contributed by atoms with Gasteiger partial charge in [-0.15, -0.1) is 0 Å². The highest BCUT2D eigenvalue weighted by atomic mass is 35.5. The summed E-state index contributed by atoms with van der Waals surface area (Å²) in [7, 11) is 0. The summed E-state index contributed by atoms with van der Waals surface area (Å²) in [5.41, 5.74) is 7.32. The van der Waals surface area contributed by atoms with Crippen LogP contribution < -0.4 is 15.8 Å². The number of hydrogen-bond donors (Lipinski definition) is 2. The topological polar surface area (TPSA) is 64.3 Å². The van der Waals surface area contributed by atoms with Gasteiger partial charge in [-0.05, 0) is 42.3 Å². The third kappa shape index (κ3) is 5.06. The number of rotatable bonds is 7. The molecular weight excluding hydrogens is 300 g/mol. The first-order valence-electron chi connectivity index (χ1n) is 7.03. The lowest BCUT2D eigenvalue weighted by Gasteiger charge is -2.11. The van der Waals surface area contributed by atoms with E-state index >= 15 is 0 Å². The van der Waals surface area contributed by atoms with E-state index in [1.54, 1.807) is 6.92 Å². The molecule has 2 rings (SSSR count). The van der Waals surface area contributed by atoms with E-state index < -0.39 is 0 Å². The van der Waals surface area contributed by atoms with E-state index in [4.69, 9.17) is 22.1 Å². The minimum absolute atomic E-state index is 0.346. The van der Waals surface area contributed by atoms with Crippen molar-refractivity contribution in [2.75, 3.05) is 0 Å². The average Bonchev–Trinajstić information content (AvgIpc) is 2.53. The molecule has 2 aromatic carbocycles. The van der Waals surface area contributed by atoms with Crippen LogP contribution in [0.1, 0.15) is 18.1 Å². The Bertz CT molecular complexity index is 612. The summed E-state index contributed by atoms with van der Waals surface area (Å²) in [6.07, 6.45) is 0. The van der Waals surface area contributed by atoms with Gasteiger partial charge in [-0.1, -0.05) is 35.9 Å². The summed E-state index contributed by atoms with van der Waals surface area (Å²) in [4.78, 5) is 10.9. The van der Waals surface area contributed by atoms with Crippen molar-refractivity contribution in [1.29, 1.82) is 0 Å². The van der Waals surface area contributed by atoms with Crippen molar-refractivity contribution in [3.8, 4) is 5.75 Å². The zero-order valence-electron chi connectivity index (χ0n) is 12.4. The highest BCUT2D eigenvalue weighted by Gasteiger charge is 2.06. The highest BCUT2D eigenvalue weighted by Crippen LogP contribution is 2.15. The van der Waals surface area contributed by atoms with Gasteiger partial charge in [-0.2, -0.15) is 0 Å². The zero-order valence-corrected chi connectivity index (χ0v) is 13.1. The lowest BCUT2D eigenvalue weighted by atomic mass is 10.2. The fourth-order valence-electron chi connectivity index (χ4n) is 1.82. The van der Waals surface area contributed by atoms with Gasteiger partial charge >= 0.3 is 0 Å². The van der Waals surface area contributed by atoms with E-state index in [1.807, 2.05) is 48.5 Å². The normalized spacial score (nSPS) is 11.9. The number of nitrogens with one attached hydrogen (secondary N) is 1. The molecule has 0 aliphatic carbocycles. The summed E-state index contributed by atoms with van der Waals surface area (Å²) in [6.45, 7) is 2.82. The Kier molecular flexibility index (Phi) is 5.81. The zero-order chi connectivity index (χ0) is 15.9. The molecule has 0 heterocycles. The van der Waals surface area contributed by atoms with Crippen LogP contribution in [0, 0.1) is 0 Å². The van der Waals surface area contributed by atoms with Crippen molar-refractivity contribution in [2.24, 2.45) is 5.73 Å². The van der Waals surface area contributed by atoms with Crippen molar-refractivity contribution >= 4 is 17.5 Å². The van der Waals surface area contributed by atoms with Crippen molar-refractivity contribution in [3.63, 3.8) is 0 Å². The number of benzene rings is 2. The molecule has 4 nitrogen and oxygen atoms in total. The predicted octanol–water partition coefficient (Wildman–Crippen LogP) is 2.88. The first-order valence-corrected chi connectivity index (χ1v) is 7.41. The molecule has 0 radical (unpaired) electrons. The van der Waals surface area contributed by atoms with Crippen LogP contribution in [0.4, 0.5) is 0 Å². The molecule has 0 bridgehead atoms. The van der Waals surface area contributed by atoms with E-state index in [2.05, 4.69) is 5.32 Å². The molecule has 22 heavy (non-hydrogen) atoms. The second-order valence-electron chi connectivity index (χ2n) is 5.06. The molecule has 5 heteroatoms. The van der Waals surface area contributed by atoms with E-state index in [1.165, 1.54) is 0 Å². The summed E-state index contributed by atoms with van der Waals surface area (Å²) >= 11 is 5.84. The molecule has 2 aromatic rings. The Balaban J connectivity index is 1.83. The molecule has 0 aliphatic rings. The van der Waals surface area contributed by atoms with E-state index in [0.717, 1.165) is 16.9 Å². The second kappa shape index (κ2) is 7.82. The molecule has 0 saturated carbocycles. The average molecular weight is 319 g/mol. The van der Waals surface area contributed by atoms with Crippen LogP contribution in [0.3, 0.4) is 0 Å². The van der Waals surface area contributed by atoms with Gasteiger partial charge in [-0.25, -0.2) is 0 Å². The molecular formula is C17H19ClN2O2. The van der Waals surface area contributed by atoms with Crippen LogP contribution in [-0.4, -0.2) is 11.9 Å². The van der Waals surface area contributed by atoms with Crippen LogP contribution in [0.2, 0.25) is 5.02 Å². The van der Waals surface area contributed by atoms with Crippen molar-refractivity contribution in [3.05, 3.63) is 64.7 Å². The fraction of sp³-hybridized carbons (Fsp3) is 0.235. The van der Waals surface area contributed by atoms with E-state index in [-0.39, 0.29) is 11.9 Å². The summed E-state index contributed by atoms with van der Waals surface area (Å²) in [6, 6.07) is 14.9. The van der Waals surface area contributed by atoms with Gasteiger partial charge in [0.25, 0.3) is 0 Å². The standard InChI is InChI=1S/C17H19ClN2O2/c1-12(17(19)21)20-10-13-4-8-16(9-5-13)22-11-14-2-6-15(18)7-3-14/h2-9,12,20H,10-11H2,1H3,(H2,19,21)/t12-/m0/s1. The number of ether oxygens (including phenoxy) is 1.